The Morgan fingerprint density at radius 2 is 1.81 bits per heavy atom. The van der Waals surface area contributed by atoms with E-state index in [0.717, 1.165) is 12.8 Å². The van der Waals surface area contributed by atoms with Crippen LogP contribution in [-0.4, -0.2) is 44.7 Å². The number of aliphatic hydroxyl groups is 3. The SMILES string of the molecule is CC/C=C\C[C@@H]1[C@@H](/C=C/[C@H](O)C/C=C\C/C=C\CCC(=O)O)[C@H](O)C[C@@H]1O. The second-order valence-electron chi connectivity index (χ2n) is 7.03. The number of carboxylic acid groups (broad SMARTS) is 1. The molecule has 1 aliphatic rings. The van der Waals surface area contributed by atoms with Gasteiger partial charge >= 0.3 is 5.97 Å². The van der Waals surface area contributed by atoms with Gasteiger partial charge in [-0.15, -0.1) is 0 Å². The van der Waals surface area contributed by atoms with Crippen LogP contribution in [-0.2, 0) is 4.79 Å². The van der Waals surface area contributed by atoms with E-state index in [1.165, 1.54) is 0 Å². The van der Waals surface area contributed by atoms with E-state index in [-0.39, 0.29) is 18.3 Å². The summed E-state index contributed by atoms with van der Waals surface area (Å²) in [7, 11) is 0. The predicted octanol–water partition coefficient (Wildman–Crippen LogP) is 3.38. The van der Waals surface area contributed by atoms with Gasteiger partial charge in [0.2, 0.25) is 0 Å². The Balaban J connectivity index is 2.39. The molecule has 1 rings (SSSR count). The molecule has 0 aromatic carbocycles. The van der Waals surface area contributed by atoms with Gasteiger partial charge in [-0.05, 0) is 38.0 Å². The summed E-state index contributed by atoms with van der Waals surface area (Å²) in [4.78, 5) is 10.4. The minimum absolute atomic E-state index is 0.0160. The summed E-state index contributed by atoms with van der Waals surface area (Å²) >= 11 is 0. The summed E-state index contributed by atoms with van der Waals surface area (Å²) in [6.45, 7) is 2.06. The molecule has 0 bridgehead atoms. The monoisotopic (exact) mass is 378 g/mol. The van der Waals surface area contributed by atoms with Crippen molar-refractivity contribution in [1.29, 1.82) is 0 Å². The zero-order valence-corrected chi connectivity index (χ0v) is 16.2. The molecule has 0 unspecified atom stereocenters. The van der Waals surface area contributed by atoms with E-state index in [0.29, 0.717) is 25.7 Å². The highest BCUT2D eigenvalue weighted by Gasteiger charge is 2.39. The Labute approximate surface area is 162 Å². The molecule has 1 saturated carbocycles. The molecule has 152 valence electrons. The fourth-order valence-corrected chi connectivity index (χ4v) is 3.29. The van der Waals surface area contributed by atoms with E-state index in [1.54, 1.807) is 6.08 Å². The van der Waals surface area contributed by atoms with Crippen LogP contribution in [0.5, 0.6) is 0 Å². The highest BCUT2D eigenvalue weighted by Crippen LogP contribution is 2.36. The van der Waals surface area contributed by atoms with E-state index in [9.17, 15) is 20.1 Å². The van der Waals surface area contributed by atoms with Gasteiger partial charge in [-0.2, -0.15) is 0 Å². The lowest BCUT2D eigenvalue weighted by Crippen LogP contribution is -2.20. The highest BCUT2D eigenvalue weighted by atomic mass is 16.4. The molecule has 0 saturated heterocycles. The maximum Gasteiger partial charge on any atom is 0.303 e. The minimum Gasteiger partial charge on any atom is -0.481 e. The van der Waals surface area contributed by atoms with Gasteiger partial charge in [-0.25, -0.2) is 0 Å². The van der Waals surface area contributed by atoms with E-state index >= 15 is 0 Å². The molecule has 0 aromatic rings. The van der Waals surface area contributed by atoms with Gasteiger partial charge in [-0.3, -0.25) is 4.79 Å². The van der Waals surface area contributed by atoms with Crippen molar-refractivity contribution in [2.45, 2.75) is 70.2 Å². The van der Waals surface area contributed by atoms with Gasteiger partial charge in [0.25, 0.3) is 0 Å². The Morgan fingerprint density at radius 1 is 1.07 bits per heavy atom. The van der Waals surface area contributed by atoms with Crippen LogP contribution >= 0.6 is 0 Å². The number of hydrogen-bond acceptors (Lipinski definition) is 4. The smallest absolute Gasteiger partial charge is 0.303 e. The van der Waals surface area contributed by atoms with Crippen LogP contribution in [0.3, 0.4) is 0 Å². The summed E-state index contributed by atoms with van der Waals surface area (Å²) in [6.07, 6.45) is 17.4. The zero-order valence-electron chi connectivity index (χ0n) is 16.2. The molecule has 0 amide bonds. The first-order valence-electron chi connectivity index (χ1n) is 9.85. The van der Waals surface area contributed by atoms with E-state index in [4.69, 9.17) is 5.11 Å². The lowest BCUT2D eigenvalue weighted by molar-refractivity contribution is -0.136. The second kappa shape index (κ2) is 13.5. The number of aliphatic carboxylic acids is 1. The molecule has 1 fully saturated rings. The first kappa shape index (κ1) is 23.3. The number of carboxylic acids is 1. The third kappa shape index (κ3) is 9.70. The zero-order chi connectivity index (χ0) is 20.1. The fraction of sp³-hybridized carbons (Fsp3) is 0.591. The lowest BCUT2D eigenvalue weighted by atomic mass is 9.89. The van der Waals surface area contributed by atoms with Gasteiger partial charge in [0, 0.05) is 18.8 Å². The maximum atomic E-state index is 10.4. The van der Waals surface area contributed by atoms with Crippen LogP contribution in [0.25, 0.3) is 0 Å². The van der Waals surface area contributed by atoms with Crippen molar-refractivity contribution in [3.63, 3.8) is 0 Å². The third-order valence-electron chi connectivity index (χ3n) is 4.79. The van der Waals surface area contributed by atoms with Gasteiger partial charge in [0.05, 0.1) is 18.3 Å². The molecule has 5 heteroatoms. The Kier molecular flexibility index (Phi) is 11.7. The Bertz CT molecular complexity index is 535. The largest absolute Gasteiger partial charge is 0.481 e. The highest BCUT2D eigenvalue weighted by molar-refractivity contribution is 5.66. The molecule has 0 aromatic heterocycles. The fourth-order valence-electron chi connectivity index (χ4n) is 3.29. The molecule has 1 aliphatic carbocycles. The standard InChI is InChI=1S/C22H34O5/c1-2-3-8-12-18-19(21(25)16-20(18)24)15-14-17(23)11-9-6-4-5-7-10-13-22(26)27/h3,5-9,14-15,17-21,23-25H,2,4,10-13,16H2,1H3,(H,26,27)/b7-5-,8-3-,9-6-,15-14+/t17-,18-,19-,20+,21-/m1/s1. The maximum absolute atomic E-state index is 10.4. The average Bonchev–Trinajstić information content (AvgIpc) is 2.88. The number of carbonyl (C=O) groups is 1. The van der Waals surface area contributed by atoms with Crippen LogP contribution in [0.2, 0.25) is 0 Å². The lowest BCUT2D eigenvalue weighted by Gasteiger charge is -2.19. The number of hydrogen-bond donors (Lipinski definition) is 4. The number of rotatable bonds is 12. The minimum atomic E-state index is -0.798. The van der Waals surface area contributed by atoms with Crippen molar-refractivity contribution in [3.05, 3.63) is 48.6 Å². The van der Waals surface area contributed by atoms with Gasteiger partial charge in [-0.1, -0.05) is 55.5 Å². The normalized spacial score (nSPS) is 27.6. The molecule has 4 N–H and O–H groups in total. The summed E-state index contributed by atoms with van der Waals surface area (Å²) < 4.78 is 0. The van der Waals surface area contributed by atoms with Gasteiger partial charge in [0.1, 0.15) is 0 Å². The topological polar surface area (TPSA) is 98.0 Å². The van der Waals surface area contributed by atoms with Crippen LogP contribution < -0.4 is 0 Å². The second-order valence-corrected chi connectivity index (χ2v) is 7.03. The van der Waals surface area contributed by atoms with Crippen LogP contribution in [0, 0.1) is 11.8 Å². The van der Waals surface area contributed by atoms with Gasteiger partial charge < -0.3 is 20.4 Å². The summed E-state index contributed by atoms with van der Waals surface area (Å²) in [6, 6.07) is 0. The summed E-state index contributed by atoms with van der Waals surface area (Å²) in [5.41, 5.74) is 0. The predicted molar refractivity (Wildman–Crippen MR) is 107 cm³/mol. The molecule has 0 aliphatic heterocycles. The first-order chi connectivity index (χ1) is 13.0. The Morgan fingerprint density at radius 3 is 2.52 bits per heavy atom. The van der Waals surface area contributed by atoms with Gasteiger partial charge in [0.15, 0.2) is 0 Å². The first-order valence-corrected chi connectivity index (χ1v) is 9.85. The average molecular weight is 379 g/mol. The molecule has 27 heavy (non-hydrogen) atoms. The van der Waals surface area contributed by atoms with Crippen molar-refractivity contribution in [3.8, 4) is 0 Å². The Hall–Kier alpha value is -1.69. The third-order valence-corrected chi connectivity index (χ3v) is 4.79. The summed E-state index contributed by atoms with van der Waals surface area (Å²) in [5.74, 6) is -0.955. The molecule has 5 atom stereocenters. The van der Waals surface area contributed by atoms with Crippen LogP contribution in [0.15, 0.2) is 48.6 Å². The van der Waals surface area contributed by atoms with Crippen molar-refractivity contribution in [1.82, 2.24) is 0 Å². The van der Waals surface area contributed by atoms with Crippen molar-refractivity contribution < 1.29 is 25.2 Å². The molecule has 0 spiro atoms. The molecular formula is C22H34O5. The number of allylic oxidation sites excluding steroid dienone is 5. The molecular weight excluding hydrogens is 344 g/mol. The molecule has 0 radical (unpaired) electrons. The van der Waals surface area contributed by atoms with Crippen molar-refractivity contribution in [2.24, 2.45) is 11.8 Å². The van der Waals surface area contributed by atoms with E-state index in [2.05, 4.69) is 19.1 Å². The van der Waals surface area contributed by atoms with Crippen molar-refractivity contribution >= 4 is 5.97 Å². The number of aliphatic hydroxyl groups excluding tert-OH is 3. The van der Waals surface area contributed by atoms with E-state index in [1.807, 2.05) is 30.4 Å². The van der Waals surface area contributed by atoms with Crippen molar-refractivity contribution in [2.75, 3.05) is 0 Å². The molecule has 5 nitrogen and oxygen atoms in total. The quantitative estimate of drug-likeness (QED) is 0.390. The van der Waals surface area contributed by atoms with Crippen LogP contribution in [0.1, 0.15) is 51.9 Å². The van der Waals surface area contributed by atoms with Crippen LogP contribution in [0.4, 0.5) is 0 Å². The van der Waals surface area contributed by atoms with E-state index < -0.39 is 24.3 Å². The summed E-state index contributed by atoms with van der Waals surface area (Å²) in [5, 5.41) is 38.9. The molecule has 0 heterocycles.